The summed E-state index contributed by atoms with van der Waals surface area (Å²) in [6.45, 7) is 0.567. The maximum Gasteiger partial charge on any atom is 0.269 e. The molecule has 0 saturated carbocycles. The molecule has 3 heterocycles. The Morgan fingerprint density at radius 2 is 1.61 bits per heavy atom. The highest BCUT2D eigenvalue weighted by Crippen LogP contribution is 2.71. The summed E-state index contributed by atoms with van der Waals surface area (Å²) in [5.41, 5.74) is 1.56. The van der Waals surface area contributed by atoms with Crippen LogP contribution in [0, 0.1) is 10.1 Å². The molecule has 1 aliphatic carbocycles. The molecule has 1 N–H and O–H groups in total. The van der Waals surface area contributed by atoms with Crippen molar-refractivity contribution in [2.24, 2.45) is 0 Å². The summed E-state index contributed by atoms with van der Waals surface area (Å²) in [4.78, 5) is 44.2. The first-order valence-corrected chi connectivity index (χ1v) is 15.3. The second-order valence-electron chi connectivity index (χ2n) is 11.9. The van der Waals surface area contributed by atoms with Crippen molar-refractivity contribution in [3.05, 3.63) is 139 Å². The number of rotatable bonds is 3. The Morgan fingerprint density at radius 3 is 2.34 bits per heavy atom. The minimum Gasteiger partial charge on any atom is -0.324 e. The maximum atomic E-state index is 15.6. The van der Waals surface area contributed by atoms with E-state index in [9.17, 15) is 14.9 Å². The molecule has 2 saturated heterocycles. The smallest absolute Gasteiger partial charge is 0.269 e. The molecule has 4 aromatic rings. The van der Waals surface area contributed by atoms with Crippen LogP contribution < -0.4 is 5.32 Å². The van der Waals surface area contributed by atoms with E-state index in [1.165, 1.54) is 12.1 Å². The third kappa shape index (κ3) is 3.37. The van der Waals surface area contributed by atoms with E-state index in [1.54, 1.807) is 18.2 Å². The summed E-state index contributed by atoms with van der Waals surface area (Å²) in [5.74, 6) is -0.965. The first-order chi connectivity index (χ1) is 21.3. The lowest BCUT2D eigenvalue weighted by Crippen LogP contribution is -2.60. The number of anilines is 1. The zero-order chi connectivity index (χ0) is 30.4. The van der Waals surface area contributed by atoms with E-state index in [0.717, 1.165) is 35.1 Å². The minimum atomic E-state index is -1.53. The number of hydrogen-bond acceptors (Lipinski definition) is 5. The van der Waals surface area contributed by atoms with Crippen LogP contribution >= 0.6 is 23.2 Å². The normalized spacial score (nSPS) is 27.6. The van der Waals surface area contributed by atoms with Crippen molar-refractivity contribution in [3.63, 3.8) is 0 Å². The number of fused-ring (bicyclic) bond motifs is 7. The Labute approximate surface area is 263 Å². The van der Waals surface area contributed by atoms with Crippen LogP contribution in [0.2, 0.25) is 10.0 Å². The Morgan fingerprint density at radius 1 is 0.909 bits per heavy atom. The van der Waals surface area contributed by atoms with Crippen LogP contribution in [0.15, 0.2) is 91.0 Å². The highest BCUT2D eigenvalue weighted by molar-refractivity contribution is 6.36. The number of allylic oxidation sites excluding steroid dienone is 1. The average Bonchev–Trinajstić information content (AvgIpc) is 3.73. The number of nitrogens with zero attached hydrogens (tertiary/aromatic N) is 2. The quantitative estimate of drug-likeness (QED) is 0.146. The van der Waals surface area contributed by atoms with E-state index in [-0.39, 0.29) is 23.4 Å². The van der Waals surface area contributed by atoms with Gasteiger partial charge in [0.15, 0.2) is 5.78 Å². The van der Waals surface area contributed by atoms with Crippen molar-refractivity contribution in [3.8, 4) is 0 Å². The van der Waals surface area contributed by atoms with E-state index in [0.29, 0.717) is 33.4 Å². The van der Waals surface area contributed by atoms with Crippen LogP contribution in [0.5, 0.6) is 0 Å². The number of carbonyl (C=O) groups excluding carboxylic acids is 2. The largest absolute Gasteiger partial charge is 0.324 e. The van der Waals surface area contributed by atoms with Crippen LogP contribution in [-0.4, -0.2) is 34.1 Å². The van der Waals surface area contributed by atoms with Crippen LogP contribution in [0.25, 0.3) is 11.6 Å². The van der Waals surface area contributed by atoms with E-state index >= 15 is 4.79 Å². The van der Waals surface area contributed by atoms with Gasteiger partial charge in [-0.2, -0.15) is 0 Å². The number of hydrogen-bond donors (Lipinski definition) is 1. The van der Waals surface area contributed by atoms with Crippen LogP contribution in [0.3, 0.4) is 0 Å². The summed E-state index contributed by atoms with van der Waals surface area (Å²) in [6.07, 6.45) is 3.46. The van der Waals surface area contributed by atoms with E-state index < -0.39 is 21.8 Å². The predicted molar refractivity (Wildman–Crippen MR) is 170 cm³/mol. The summed E-state index contributed by atoms with van der Waals surface area (Å²) in [6, 6.07) is 26.8. The van der Waals surface area contributed by atoms with Crippen molar-refractivity contribution in [1.82, 2.24) is 4.90 Å². The fraction of sp³-hybridized carbons (Fsp3) is 0.200. The number of carbonyl (C=O) groups is 2. The maximum absolute atomic E-state index is 15.6. The van der Waals surface area contributed by atoms with Gasteiger partial charge in [-0.05, 0) is 78.0 Å². The van der Waals surface area contributed by atoms with Gasteiger partial charge >= 0.3 is 0 Å². The SMILES string of the molecule is O=C1/C(=C/c2ccc(Cl)cc2)c2ccccc2[C@@]12[C@H](c1ccc(Cl)cc1)C1CCCN1[C@]21C(=O)Nc2ccc([N+](=O)[O-])cc21. The van der Waals surface area contributed by atoms with Crippen molar-refractivity contribution < 1.29 is 14.5 Å². The molecular formula is C35H25Cl2N3O4. The number of ketones is 1. The monoisotopic (exact) mass is 621 g/mol. The first kappa shape index (κ1) is 27.3. The van der Waals surface area contributed by atoms with Gasteiger partial charge in [0.25, 0.3) is 11.6 Å². The third-order valence-corrected chi connectivity index (χ3v) is 10.5. The first-order valence-electron chi connectivity index (χ1n) is 14.5. The molecule has 4 aliphatic rings. The van der Waals surface area contributed by atoms with Gasteiger partial charge < -0.3 is 5.32 Å². The van der Waals surface area contributed by atoms with E-state index in [4.69, 9.17) is 23.2 Å². The second-order valence-corrected chi connectivity index (χ2v) is 12.7. The average molecular weight is 623 g/mol. The zero-order valence-corrected chi connectivity index (χ0v) is 24.8. The minimum absolute atomic E-state index is 0.129. The van der Waals surface area contributed by atoms with Gasteiger partial charge in [0.2, 0.25) is 0 Å². The second kappa shape index (κ2) is 9.60. The number of Topliss-reactive ketones (excluding diaryl/α,β-unsaturated/α-hetero) is 1. The third-order valence-electron chi connectivity index (χ3n) is 9.99. The number of halogens is 2. The molecule has 0 radical (unpaired) electrons. The summed E-state index contributed by atoms with van der Waals surface area (Å²) < 4.78 is 0. The number of benzene rings is 4. The molecule has 4 aromatic carbocycles. The van der Waals surface area contributed by atoms with Gasteiger partial charge in [0.1, 0.15) is 5.54 Å². The van der Waals surface area contributed by atoms with E-state index in [2.05, 4.69) is 10.2 Å². The standard InChI is InChI=1S/C35H25Cl2N3O4/c36-22-11-7-20(8-12-22)18-26-25-4-1-2-5-27(25)34(32(26)41)31(21-9-13-23(37)14-10-21)30-6-3-17-39(30)35(34)28-19-24(40(43)44)15-16-29(28)38-33(35)42/h1-2,4-5,7-16,18-19,30-31H,3,6,17H2,(H,38,42)/b26-18+/t30?,31-,34-,35-/m1/s1. The highest BCUT2D eigenvalue weighted by Gasteiger charge is 2.80. The molecule has 1 amide bonds. The summed E-state index contributed by atoms with van der Waals surface area (Å²) in [5, 5.41) is 16.3. The Hall–Kier alpha value is -4.30. The molecule has 3 aliphatic heterocycles. The lowest BCUT2D eigenvalue weighted by molar-refractivity contribution is -0.385. The predicted octanol–water partition coefficient (Wildman–Crippen LogP) is 7.37. The molecule has 4 atom stereocenters. The molecular weight excluding hydrogens is 597 g/mol. The number of nitro benzene ring substituents is 1. The van der Waals surface area contributed by atoms with Crippen LogP contribution in [0.1, 0.15) is 46.6 Å². The topological polar surface area (TPSA) is 92.6 Å². The molecule has 0 bridgehead atoms. The zero-order valence-electron chi connectivity index (χ0n) is 23.3. The molecule has 2 fully saturated rings. The Kier molecular flexibility index (Phi) is 5.95. The molecule has 1 unspecified atom stereocenters. The van der Waals surface area contributed by atoms with Gasteiger partial charge in [0, 0.05) is 51.0 Å². The molecule has 2 spiro atoms. The molecule has 218 valence electrons. The fourth-order valence-corrected chi connectivity index (χ4v) is 8.81. The number of nitrogens with one attached hydrogen (secondary N) is 1. The number of amides is 1. The van der Waals surface area contributed by atoms with Crippen LogP contribution in [-0.2, 0) is 20.5 Å². The molecule has 44 heavy (non-hydrogen) atoms. The summed E-state index contributed by atoms with van der Waals surface area (Å²) in [7, 11) is 0. The van der Waals surface area contributed by atoms with Crippen molar-refractivity contribution in [1.29, 1.82) is 0 Å². The van der Waals surface area contributed by atoms with Gasteiger partial charge in [-0.3, -0.25) is 24.6 Å². The molecule has 0 aromatic heterocycles. The van der Waals surface area contributed by atoms with E-state index in [1.807, 2.05) is 66.7 Å². The fourth-order valence-electron chi connectivity index (χ4n) is 8.56. The highest BCUT2D eigenvalue weighted by atomic mass is 35.5. The Bertz CT molecular complexity index is 1940. The Balaban J connectivity index is 1.50. The van der Waals surface area contributed by atoms with Gasteiger partial charge in [-0.15, -0.1) is 0 Å². The number of nitro groups is 1. The molecule has 8 rings (SSSR count). The molecule has 9 heteroatoms. The summed E-state index contributed by atoms with van der Waals surface area (Å²) >= 11 is 12.5. The van der Waals surface area contributed by atoms with Gasteiger partial charge in [-0.25, -0.2) is 0 Å². The van der Waals surface area contributed by atoms with Gasteiger partial charge in [0.05, 0.1) is 10.3 Å². The van der Waals surface area contributed by atoms with Crippen molar-refractivity contribution in [2.45, 2.75) is 35.8 Å². The lowest BCUT2D eigenvalue weighted by Gasteiger charge is -2.44. The van der Waals surface area contributed by atoms with Crippen LogP contribution in [0.4, 0.5) is 11.4 Å². The van der Waals surface area contributed by atoms with Gasteiger partial charge in [-0.1, -0.05) is 71.7 Å². The molecule has 7 nitrogen and oxygen atoms in total. The number of non-ortho nitro benzene ring substituents is 1. The lowest BCUT2D eigenvalue weighted by atomic mass is 9.56. The van der Waals surface area contributed by atoms with Crippen molar-refractivity contribution >= 4 is 57.9 Å². The van der Waals surface area contributed by atoms with Crippen molar-refractivity contribution in [2.75, 3.05) is 11.9 Å².